The molecule has 0 spiro atoms. The molecule has 0 aliphatic rings. The molecule has 0 bridgehead atoms. The summed E-state index contributed by atoms with van der Waals surface area (Å²) in [5, 5.41) is 4.55. The van der Waals surface area contributed by atoms with Gasteiger partial charge < -0.3 is 0 Å². The zero-order valence-corrected chi connectivity index (χ0v) is 10.1. The molecule has 0 fully saturated rings. The van der Waals surface area contributed by atoms with Crippen molar-refractivity contribution in [1.82, 2.24) is 14.8 Å². The minimum atomic E-state index is 1.01. The third-order valence-corrected chi connectivity index (χ3v) is 2.81. The average Bonchev–Trinajstić information content (AvgIpc) is 2.83. The molecule has 0 aliphatic carbocycles. The zero-order chi connectivity index (χ0) is 12.4. The summed E-state index contributed by atoms with van der Waals surface area (Å²) in [6.45, 7) is 2.00. The Morgan fingerprint density at radius 3 is 2.39 bits per heavy atom. The van der Waals surface area contributed by atoms with E-state index in [-0.39, 0.29) is 0 Å². The van der Waals surface area contributed by atoms with E-state index in [1.165, 1.54) is 0 Å². The lowest BCUT2D eigenvalue weighted by Crippen LogP contribution is -1.98. The van der Waals surface area contributed by atoms with Crippen molar-refractivity contribution in [3.8, 4) is 16.9 Å². The number of para-hydroxylation sites is 1. The zero-order valence-electron chi connectivity index (χ0n) is 10.1. The summed E-state index contributed by atoms with van der Waals surface area (Å²) >= 11 is 0. The molecular weight excluding hydrogens is 222 g/mol. The Labute approximate surface area is 106 Å². The van der Waals surface area contributed by atoms with Gasteiger partial charge >= 0.3 is 0 Å². The van der Waals surface area contributed by atoms with E-state index < -0.39 is 0 Å². The van der Waals surface area contributed by atoms with Crippen molar-refractivity contribution < 1.29 is 0 Å². The number of benzene rings is 1. The van der Waals surface area contributed by atoms with E-state index in [1.54, 1.807) is 12.4 Å². The van der Waals surface area contributed by atoms with Crippen LogP contribution in [0.2, 0.25) is 0 Å². The maximum absolute atomic E-state index is 4.55. The molecule has 88 valence electrons. The van der Waals surface area contributed by atoms with E-state index in [0.717, 1.165) is 22.6 Å². The topological polar surface area (TPSA) is 30.7 Å². The van der Waals surface area contributed by atoms with Crippen molar-refractivity contribution in [1.29, 1.82) is 0 Å². The fourth-order valence-corrected chi connectivity index (χ4v) is 1.99. The van der Waals surface area contributed by atoms with Gasteiger partial charge in [0.2, 0.25) is 0 Å². The number of hydrogen-bond donors (Lipinski definition) is 0. The van der Waals surface area contributed by atoms with Crippen LogP contribution in [0.25, 0.3) is 16.9 Å². The van der Waals surface area contributed by atoms with Gasteiger partial charge in [0.25, 0.3) is 0 Å². The lowest BCUT2D eigenvalue weighted by molar-refractivity contribution is 0.869. The van der Waals surface area contributed by atoms with Crippen LogP contribution in [0.1, 0.15) is 5.69 Å². The SMILES string of the molecule is Cc1cc(-c2ccncc2)n(-c2ccccc2)n1. The molecule has 18 heavy (non-hydrogen) atoms. The summed E-state index contributed by atoms with van der Waals surface area (Å²) in [7, 11) is 0. The van der Waals surface area contributed by atoms with E-state index in [9.17, 15) is 0 Å². The van der Waals surface area contributed by atoms with Gasteiger partial charge in [-0.05, 0) is 37.3 Å². The van der Waals surface area contributed by atoms with E-state index in [1.807, 2.05) is 41.9 Å². The molecule has 0 atom stereocenters. The summed E-state index contributed by atoms with van der Waals surface area (Å²) in [6, 6.07) is 16.2. The molecule has 1 aromatic carbocycles. The van der Waals surface area contributed by atoms with Crippen LogP contribution in [-0.2, 0) is 0 Å². The monoisotopic (exact) mass is 235 g/mol. The minimum Gasteiger partial charge on any atom is -0.265 e. The highest BCUT2D eigenvalue weighted by molar-refractivity contribution is 5.61. The van der Waals surface area contributed by atoms with E-state index >= 15 is 0 Å². The highest BCUT2D eigenvalue weighted by Gasteiger charge is 2.08. The number of aryl methyl sites for hydroxylation is 1. The Bertz CT molecular complexity index is 585. The molecule has 3 heteroatoms. The molecule has 3 aromatic rings. The Hall–Kier alpha value is -2.42. The summed E-state index contributed by atoms with van der Waals surface area (Å²) in [5.41, 5.74) is 4.28. The van der Waals surface area contributed by atoms with Crippen molar-refractivity contribution in [2.24, 2.45) is 0 Å². The van der Waals surface area contributed by atoms with Gasteiger partial charge in [-0.25, -0.2) is 4.68 Å². The molecule has 0 unspecified atom stereocenters. The van der Waals surface area contributed by atoms with Gasteiger partial charge in [-0.15, -0.1) is 0 Å². The fraction of sp³-hybridized carbons (Fsp3) is 0.0667. The maximum atomic E-state index is 4.55. The molecule has 0 radical (unpaired) electrons. The predicted octanol–water partition coefficient (Wildman–Crippen LogP) is 3.24. The number of aromatic nitrogens is 3. The van der Waals surface area contributed by atoms with E-state index in [4.69, 9.17) is 0 Å². The summed E-state index contributed by atoms with van der Waals surface area (Å²) in [4.78, 5) is 4.05. The first-order valence-corrected chi connectivity index (χ1v) is 5.87. The van der Waals surface area contributed by atoms with Crippen LogP contribution in [0.15, 0.2) is 60.9 Å². The van der Waals surface area contributed by atoms with Crippen LogP contribution < -0.4 is 0 Å². The molecule has 0 saturated carbocycles. The van der Waals surface area contributed by atoms with Crippen molar-refractivity contribution in [2.75, 3.05) is 0 Å². The van der Waals surface area contributed by atoms with Gasteiger partial charge in [0.15, 0.2) is 0 Å². The third kappa shape index (κ3) is 1.91. The fourth-order valence-electron chi connectivity index (χ4n) is 1.99. The summed E-state index contributed by atoms with van der Waals surface area (Å²) in [6.07, 6.45) is 3.60. The van der Waals surface area contributed by atoms with Crippen LogP contribution in [0.5, 0.6) is 0 Å². The normalized spacial score (nSPS) is 10.5. The van der Waals surface area contributed by atoms with Gasteiger partial charge in [-0.3, -0.25) is 4.98 Å². The largest absolute Gasteiger partial charge is 0.265 e. The Morgan fingerprint density at radius 2 is 1.67 bits per heavy atom. The first kappa shape index (κ1) is 10.7. The van der Waals surface area contributed by atoms with Crippen LogP contribution in [0.4, 0.5) is 0 Å². The molecule has 0 N–H and O–H groups in total. The molecule has 3 nitrogen and oxygen atoms in total. The minimum absolute atomic E-state index is 1.01. The Morgan fingerprint density at radius 1 is 0.944 bits per heavy atom. The van der Waals surface area contributed by atoms with Gasteiger partial charge in [-0.2, -0.15) is 5.10 Å². The van der Waals surface area contributed by atoms with Crippen LogP contribution >= 0.6 is 0 Å². The standard InChI is InChI=1S/C15H13N3/c1-12-11-15(13-7-9-16-10-8-13)18(17-12)14-5-3-2-4-6-14/h2-11H,1H3. The van der Waals surface area contributed by atoms with Crippen LogP contribution in [-0.4, -0.2) is 14.8 Å². The van der Waals surface area contributed by atoms with E-state index in [2.05, 4.69) is 28.3 Å². The molecule has 0 saturated heterocycles. The summed E-state index contributed by atoms with van der Waals surface area (Å²) in [5.74, 6) is 0. The third-order valence-electron chi connectivity index (χ3n) is 2.81. The number of rotatable bonds is 2. The number of pyridine rings is 1. The second-order valence-corrected chi connectivity index (χ2v) is 4.15. The lowest BCUT2D eigenvalue weighted by Gasteiger charge is -2.06. The van der Waals surface area contributed by atoms with Gasteiger partial charge in [0, 0.05) is 18.0 Å². The lowest BCUT2D eigenvalue weighted by atomic mass is 10.2. The molecule has 0 amide bonds. The van der Waals surface area contributed by atoms with Crippen LogP contribution in [0.3, 0.4) is 0 Å². The van der Waals surface area contributed by atoms with Crippen molar-refractivity contribution in [2.45, 2.75) is 6.92 Å². The van der Waals surface area contributed by atoms with Crippen molar-refractivity contribution in [3.05, 3.63) is 66.6 Å². The van der Waals surface area contributed by atoms with Gasteiger partial charge in [-0.1, -0.05) is 18.2 Å². The first-order valence-electron chi connectivity index (χ1n) is 5.87. The highest BCUT2D eigenvalue weighted by Crippen LogP contribution is 2.22. The Balaban J connectivity index is 2.17. The quantitative estimate of drug-likeness (QED) is 0.682. The van der Waals surface area contributed by atoms with Gasteiger partial charge in [0.05, 0.1) is 17.1 Å². The smallest absolute Gasteiger partial charge is 0.0744 e. The molecule has 2 heterocycles. The molecule has 0 aliphatic heterocycles. The number of nitrogens with zero attached hydrogens (tertiary/aromatic N) is 3. The summed E-state index contributed by atoms with van der Waals surface area (Å²) < 4.78 is 1.96. The first-order chi connectivity index (χ1) is 8.84. The predicted molar refractivity (Wildman–Crippen MR) is 71.5 cm³/mol. The second-order valence-electron chi connectivity index (χ2n) is 4.15. The van der Waals surface area contributed by atoms with Crippen molar-refractivity contribution >= 4 is 0 Å². The molecular formula is C15H13N3. The van der Waals surface area contributed by atoms with E-state index in [0.29, 0.717) is 0 Å². The second kappa shape index (κ2) is 4.45. The maximum Gasteiger partial charge on any atom is 0.0744 e. The highest BCUT2D eigenvalue weighted by atomic mass is 15.3. The molecule has 3 rings (SSSR count). The van der Waals surface area contributed by atoms with Crippen molar-refractivity contribution in [3.63, 3.8) is 0 Å². The molecule has 2 aromatic heterocycles. The Kier molecular flexibility index (Phi) is 2.65. The average molecular weight is 235 g/mol. The van der Waals surface area contributed by atoms with Gasteiger partial charge in [0.1, 0.15) is 0 Å². The number of hydrogen-bond acceptors (Lipinski definition) is 2. The van der Waals surface area contributed by atoms with Crippen LogP contribution in [0, 0.1) is 6.92 Å².